The maximum Gasteiger partial charge on any atom is 0.416 e. The van der Waals surface area contributed by atoms with Gasteiger partial charge in [0.25, 0.3) is 0 Å². The highest BCUT2D eigenvalue weighted by atomic mass is 19.4. The number of aryl methyl sites for hydroxylation is 1. The lowest BCUT2D eigenvalue weighted by molar-refractivity contribution is -0.137. The molecule has 0 saturated carbocycles. The van der Waals surface area contributed by atoms with Gasteiger partial charge >= 0.3 is 6.18 Å². The fourth-order valence-electron chi connectivity index (χ4n) is 1.44. The van der Waals surface area contributed by atoms with Gasteiger partial charge in [-0.1, -0.05) is 19.1 Å². The third-order valence-corrected chi connectivity index (χ3v) is 2.36. The molecule has 2 nitrogen and oxygen atoms in total. The predicted molar refractivity (Wildman–Crippen MR) is 56.3 cm³/mol. The highest BCUT2D eigenvalue weighted by Crippen LogP contribution is 2.30. The first-order valence-corrected chi connectivity index (χ1v) is 5.12. The Hall–Kier alpha value is -1.78. The minimum atomic E-state index is -4.31. The smallest absolute Gasteiger partial charge is 0.416 e. The zero-order valence-electron chi connectivity index (χ0n) is 9.08. The molecule has 5 heteroatoms. The van der Waals surface area contributed by atoms with Crippen LogP contribution in [0.2, 0.25) is 0 Å². The van der Waals surface area contributed by atoms with E-state index in [1.165, 1.54) is 18.4 Å². The highest BCUT2D eigenvalue weighted by Gasteiger charge is 2.30. The summed E-state index contributed by atoms with van der Waals surface area (Å²) in [7, 11) is 0. The molecule has 0 radical (unpaired) electrons. The van der Waals surface area contributed by atoms with Crippen molar-refractivity contribution in [2.45, 2.75) is 19.5 Å². The van der Waals surface area contributed by atoms with Gasteiger partial charge in [-0.2, -0.15) is 13.2 Å². The third-order valence-electron chi connectivity index (χ3n) is 2.36. The van der Waals surface area contributed by atoms with Crippen molar-refractivity contribution >= 4 is 0 Å². The van der Waals surface area contributed by atoms with Crippen LogP contribution in [0.3, 0.4) is 0 Å². The minimum Gasteiger partial charge on any atom is -0.448 e. The molecule has 0 aliphatic carbocycles. The second kappa shape index (κ2) is 4.24. The van der Waals surface area contributed by atoms with Gasteiger partial charge in [0, 0.05) is 12.0 Å². The number of rotatable bonds is 2. The first-order chi connectivity index (χ1) is 8.00. The summed E-state index contributed by atoms with van der Waals surface area (Å²) < 4.78 is 42.2. The summed E-state index contributed by atoms with van der Waals surface area (Å²) in [5.74, 6) is 0.569. The molecule has 0 saturated heterocycles. The number of hydrogen-bond donors (Lipinski definition) is 0. The molecular weight excluding hydrogens is 231 g/mol. The van der Waals surface area contributed by atoms with Crippen molar-refractivity contribution in [2.24, 2.45) is 0 Å². The van der Waals surface area contributed by atoms with Crippen LogP contribution >= 0.6 is 0 Å². The second-order valence-corrected chi connectivity index (χ2v) is 3.56. The summed E-state index contributed by atoms with van der Waals surface area (Å²) in [6.45, 7) is 1.89. The Morgan fingerprint density at radius 3 is 2.29 bits per heavy atom. The van der Waals surface area contributed by atoms with Crippen molar-refractivity contribution in [2.75, 3.05) is 0 Å². The molecule has 17 heavy (non-hydrogen) atoms. The van der Waals surface area contributed by atoms with Crippen LogP contribution in [-0.4, -0.2) is 4.98 Å². The van der Waals surface area contributed by atoms with Gasteiger partial charge in [-0.3, -0.25) is 0 Å². The molecule has 90 valence electrons. The number of nitrogens with zero attached hydrogens (tertiary/aromatic N) is 1. The Morgan fingerprint density at radius 1 is 1.18 bits per heavy atom. The zero-order chi connectivity index (χ0) is 12.5. The molecule has 0 atom stereocenters. The molecule has 0 aliphatic heterocycles. The molecule has 0 N–H and O–H groups in total. The fourth-order valence-corrected chi connectivity index (χ4v) is 1.44. The molecule has 0 spiro atoms. The summed E-state index contributed by atoms with van der Waals surface area (Å²) >= 11 is 0. The average Bonchev–Trinajstić information content (AvgIpc) is 2.76. The summed E-state index contributed by atoms with van der Waals surface area (Å²) in [4.78, 5) is 4.14. The monoisotopic (exact) mass is 241 g/mol. The van der Waals surface area contributed by atoms with Crippen LogP contribution in [0.25, 0.3) is 11.3 Å². The average molecular weight is 241 g/mol. The van der Waals surface area contributed by atoms with Gasteiger partial charge in [-0.15, -0.1) is 0 Å². The molecule has 1 aromatic heterocycles. The van der Waals surface area contributed by atoms with Gasteiger partial charge in [0.05, 0.1) is 5.56 Å². The first-order valence-electron chi connectivity index (χ1n) is 5.12. The van der Waals surface area contributed by atoms with Gasteiger partial charge in [0.1, 0.15) is 12.0 Å². The van der Waals surface area contributed by atoms with E-state index in [-0.39, 0.29) is 0 Å². The molecule has 0 bridgehead atoms. The Balaban J connectivity index is 2.29. The van der Waals surface area contributed by atoms with Crippen LogP contribution in [0.4, 0.5) is 13.2 Å². The number of halogens is 3. The maximum absolute atomic E-state index is 12.3. The van der Waals surface area contributed by atoms with Crippen molar-refractivity contribution in [3.05, 3.63) is 42.0 Å². The SMILES string of the molecule is CCc1nc(-c2ccc(C(F)(F)F)cc2)co1. The topological polar surface area (TPSA) is 26.0 Å². The van der Waals surface area contributed by atoms with Gasteiger partial charge in [-0.25, -0.2) is 4.98 Å². The van der Waals surface area contributed by atoms with Crippen molar-refractivity contribution in [1.29, 1.82) is 0 Å². The Bertz CT molecular complexity index is 499. The van der Waals surface area contributed by atoms with Crippen LogP contribution in [0.5, 0.6) is 0 Å². The van der Waals surface area contributed by atoms with Gasteiger partial charge in [0.2, 0.25) is 0 Å². The number of oxazole rings is 1. The lowest BCUT2D eigenvalue weighted by atomic mass is 10.1. The summed E-state index contributed by atoms with van der Waals surface area (Å²) in [5.41, 5.74) is 0.498. The Morgan fingerprint density at radius 2 is 1.82 bits per heavy atom. The van der Waals surface area contributed by atoms with Crippen molar-refractivity contribution in [3.8, 4) is 11.3 Å². The molecule has 2 aromatic rings. The first kappa shape index (κ1) is 11.7. The standard InChI is InChI=1S/C12H10F3NO/c1-2-11-16-10(7-17-11)8-3-5-9(6-4-8)12(13,14)15/h3-7H,2H2,1H3. The summed E-state index contributed by atoms with van der Waals surface area (Å²) in [5, 5.41) is 0. The Kier molecular flexibility index (Phi) is 2.92. The van der Waals surface area contributed by atoms with Gasteiger partial charge in [-0.05, 0) is 12.1 Å². The third kappa shape index (κ3) is 2.49. The van der Waals surface area contributed by atoms with Crippen LogP contribution < -0.4 is 0 Å². The molecule has 0 unspecified atom stereocenters. The normalized spacial score (nSPS) is 11.8. The van der Waals surface area contributed by atoms with E-state index in [0.717, 1.165) is 12.1 Å². The van der Waals surface area contributed by atoms with E-state index in [9.17, 15) is 13.2 Å². The molecule has 0 aliphatic rings. The van der Waals surface area contributed by atoms with E-state index in [2.05, 4.69) is 4.98 Å². The van der Waals surface area contributed by atoms with E-state index in [0.29, 0.717) is 23.6 Å². The van der Waals surface area contributed by atoms with E-state index in [1.54, 1.807) is 0 Å². The Labute approximate surface area is 96.1 Å². The molecule has 1 aromatic carbocycles. The predicted octanol–water partition coefficient (Wildman–Crippen LogP) is 3.92. The number of alkyl halides is 3. The summed E-state index contributed by atoms with van der Waals surface area (Å²) in [6.07, 6.45) is -2.21. The van der Waals surface area contributed by atoms with Crippen LogP contribution in [0, 0.1) is 0 Å². The molecular formula is C12H10F3NO. The fraction of sp³-hybridized carbons (Fsp3) is 0.250. The minimum absolute atomic E-state index is 0.551. The van der Waals surface area contributed by atoms with Gasteiger partial charge < -0.3 is 4.42 Å². The van der Waals surface area contributed by atoms with Crippen LogP contribution in [-0.2, 0) is 12.6 Å². The van der Waals surface area contributed by atoms with Crippen LogP contribution in [0.1, 0.15) is 18.4 Å². The number of aromatic nitrogens is 1. The number of benzene rings is 1. The van der Waals surface area contributed by atoms with Crippen LogP contribution in [0.15, 0.2) is 34.9 Å². The molecule has 1 heterocycles. The largest absolute Gasteiger partial charge is 0.448 e. The second-order valence-electron chi connectivity index (χ2n) is 3.56. The molecule has 0 fully saturated rings. The number of hydrogen-bond acceptors (Lipinski definition) is 2. The lowest BCUT2D eigenvalue weighted by Crippen LogP contribution is -2.03. The van der Waals surface area contributed by atoms with E-state index >= 15 is 0 Å². The molecule has 0 amide bonds. The molecule has 2 rings (SSSR count). The zero-order valence-corrected chi connectivity index (χ0v) is 9.08. The van der Waals surface area contributed by atoms with Gasteiger partial charge in [0.15, 0.2) is 5.89 Å². The summed E-state index contributed by atoms with van der Waals surface area (Å²) in [6, 6.07) is 4.85. The quantitative estimate of drug-likeness (QED) is 0.796. The lowest BCUT2D eigenvalue weighted by Gasteiger charge is -2.06. The van der Waals surface area contributed by atoms with Crippen molar-refractivity contribution in [1.82, 2.24) is 4.98 Å². The van der Waals surface area contributed by atoms with E-state index in [4.69, 9.17) is 4.42 Å². The van der Waals surface area contributed by atoms with Crippen molar-refractivity contribution in [3.63, 3.8) is 0 Å². The maximum atomic E-state index is 12.3. The van der Waals surface area contributed by atoms with Crippen molar-refractivity contribution < 1.29 is 17.6 Å². The van der Waals surface area contributed by atoms with E-state index < -0.39 is 11.7 Å². The van der Waals surface area contributed by atoms with E-state index in [1.807, 2.05) is 6.92 Å². The highest BCUT2D eigenvalue weighted by molar-refractivity contribution is 5.58.